The molecular weight excluding hydrogens is 276 g/mol. The molecule has 0 aliphatic rings. The van der Waals surface area contributed by atoms with Crippen LogP contribution in [-0.2, 0) is 14.6 Å². The molecule has 0 heterocycles. The standard InChI is InChI=1S/C11H15ClN2O3S/c1-3-14(2)10(15)7-18(16,17)11-8(12)5-4-6-9(11)13/h4-6H,3,7,13H2,1-2H3. The molecule has 0 aliphatic heterocycles. The molecule has 0 bridgehead atoms. The van der Waals surface area contributed by atoms with E-state index in [4.69, 9.17) is 17.3 Å². The van der Waals surface area contributed by atoms with Crippen LogP contribution in [0.25, 0.3) is 0 Å². The van der Waals surface area contributed by atoms with Gasteiger partial charge in [0.25, 0.3) is 0 Å². The Morgan fingerprint density at radius 3 is 2.56 bits per heavy atom. The van der Waals surface area contributed by atoms with Crippen molar-refractivity contribution in [1.82, 2.24) is 4.90 Å². The van der Waals surface area contributed by atoms with E-state index in [0.717, 1.165) is 0 Å². The van der Waals surface area contributed by atoms with Crippen molar-refractivity contribution in [2.24, 2.45) is 0 Å². The van der Waals surface area contributed by atoms with Crippen molar-refractivity contribution < 1.29 is 13.2 Å². The molecular formula is C11H15ClN2O3S. The van der Waals surface area contributed by atoms with Crippen molar-refractivity contribution in [1.29, 1.82) is 0 Å². The Morgan fingerprint density at radius 2 is 2.06 bits per heavy atom. The van der Waals surface area contributed by atoms with Crippen molar-refractivity contribution in [3.05, 3.63) is 23.2 Å². The average Bonchev–Trinajstić information content (AvgIpc) is 2.26. The van der Waals surface area contributed by atoms with Gasteiger partial charge in [0.1, 0.15) is 10.6 Å². The van der Waals surface area contributed by atoms with E-state index in [0.29, 0.717) is 6.54 Å². The minimum absolute atomic E-state index is 0.0296. The first kappa shape index (κ1) is 14.8. The molecule has 0 spiro atoms. The SMILES string of the molecule is CCN(C)C(=O)CS(=O)(=O)c1c(N)cccc1Cl. The van der Waals surface area contributed by atoms with Gasteiger partial charge in [-0.15, -0.1) is 0 Å². The second-order valence-corrected chi connectivity index (χ2v) is 6.16. The monoisotopic (exact) mass is 290 g/mol. The second kappa shape index (κ2) is 5.58. The van der Waals surface area contributed by atoms with Gasteiger partial charge < -0.3 is 10.6 Å². The molecule has 7 heteroatoms. The predicted molar refractivity (Wildman–Crippen MR) is 71.2 cm³/mol. The maximum absolute atomic E-state index is 12.1. The summed E-state index contributed by atoms with van der Waals surface area (Å²) in [7, 11) is -2.29. The minimum Gasteiger partial charge on any atom is -0.398 e. The number of nitrogens with zero attached hydrogens (tertiary/aromatic N) is 1. The summed E-state index contributed by atoms with van der Waals surface area (Å²) >= 11 is 5.83. The Labute approximate surface area is 111 Å². The molecule has 1 amide bonds. The Kier molecular flexibility index (Phi) is 4.59. The van der Waals surface area contributed by atoms with Gasteiger partial charge in [-0.2, -0.15) is 0 Å². The molecule has 0 unspecified atom stereocenters. The minimum atomic E-state index is -3.82. The van der Waals surface area contributed by atoms with E-state index in [2.05, 4.69) is 0 Å². The van der Waals surface area contributed by atoms with Crippen LogP contribution < -0.4 is 5.73 Å². The lowest BCUT2D eigenvalue weighted by Crippen LogP contribution is -2.32. The number of hydrogen-bond donors (Lipinski definition) is 1. The second-order valence-electron chi connectivity index (χ2n) is 3.83. The predicted octanol–water partition coefficient (Wildman–Crippen LogP) is 1.17. The molecule has 5 nitrogen and oxygen atoms in total. The molecule has 0 fully saturated rings. The van der Waals surface area contributed by atoms with Gasteiger partial charge in [0.2, 0.25) is 5.91 Å². The third kappa shape index (κ3) is 3.14. The Bertz CT molecular complexity index is 537. The number of carbonyl (C=O) groups excluding carboxylic acids is 1. The molecule has 0 saturated carbocycles. The molecule has 0 aliphatic carbocycles. The van der Waals surface area contributed by atoms with E-state index < -0.39 is 21.5 Å². The molecule has 100 valence electrons. The van der Waals surface area contributed by atoms with Crippen molar-refractivity contribution in [3.8, 4) is 0 Å². The van der Waals surface area contributed by atoms with Gasteiger partial charge in [0.15, 0.2) is 9.84 Å². The first-order valence-electron chi connectivity index (χ1n) is 5.30. The lowest BCUT2D eigenvalue weighted by atomic mass is 10.3. The molecule has 2 N–H and O–H groups in total. The van der Waals surface area contributed by atoms with E-state index in [1.807, 2.05) is 0 Å². The fraction of sp³-hybridized carbons (Fsp3) is 0.364. The van der Waals surface area contributed by atoms with Gasteiger partial charge in [-0.1, -0.05) is 17.7 Å². The van der Waals surface area contributed by atoms with Gasteiger partial charge >= 0.3 is 0 Å². The van der Waals surface area contributed by atoms with Crippen molar-refractivity contribution in [3.63, 3.8) is 0 Å². The quantitative estimate of drug-likeness (QED) is 0.844. The van der Waals surface area contributed by atoms with Gasteiger partial charge in [0, 0.05) is 13.6 Å². The van der Waals surface area contributed by atoms with Gasteiger partial charge in [-0.05, 0) is 19.1 Å². The van der Waals surface area contributed by atoms with E-state index in [1.165, 1.54) is 24.1 Å². The number of anilines is 1. The van der Waals surface area contributed by atoms with Crippen molar-refractivity contribution in [2.45, 2.75) is 11.8 Å². The van der Waals surface area contributed by atoms with Gasteiger partial charge in [0.05, 0.1) is 10.7 Å². The van der Waals surface area contributed by atoms with Crippen LogP contribution in [0.3, 0.4) is 0 Å². The highest BCUT2D eigenvalue weighted by molar-refractivity contribution is 7.92. The zero-order chi connectivity index (χ0) is 13.9. The lowest BCUT2D eigenvalue weighted by molar-refractivity contribution is -0.126. The highest BCUT2D eigenvalue weighted by Crippen LogP contribution is 2.28. The van der Waals surface area contributed by atoms with Gasteiger partial charge in [-0.25, -0.2) is 8.42 Å². The Hall–Kier alpha value is -1.27. The lowest BCUT2D eigenvalue weighted by Gasteiger charge is -2.15. The van der Waals surface area contributed by atoms with Crippen LogP contribution in [-0.4, -0.2) is 38.6 Å². The van der Waals surface area contributed by atoms with Crippen LogP contribution in [0.15, 0.2) is 23.1 Å². The number of sulfone groups is 1. The fourth-order valence-electron chi connectivity index (χ4n) is 1.37. The zero-order valence-electron chi connectivity index (χ0n) is 10.2. The number of nitrogens with two attached hydrogens (primary N) is 1. The summed E-state index contributed by atoms with van der Waals surface area (Å²) in [4.78, 5) is 12.8. The maximum atomic E-state index is 12.1. The number of hydrogen-bond acceptors (Lipinski definition) is 4. The summed E-state index contributed by atoms with van der Waals surface area (Å²) in [5.41, 5.74) is 5.65. The molecule has 1 aromatic carbocycles. The summed E-state index contributed by atoms with van der Waals surface area (Å²) in [5.74, 6) is -1.12. The highest BCUT2D eigenvalue weighted by Gasteiger charge is 2.25. The number of benzene rings is 1. The van der Waals surface area contributed by atoms with Crippen LogP contribution in [0.5, 0.6) is 0 Å². The van der Waals surface area contributed by atoms with Crippen LogP contribution in [0.1, 0.15) is 6.92 Å². The highest BCUT2D eigenvalue weighted by atomic mass is 35.5. The number of amides is 1. The average molecular weight is 291 g/mol. The van der Waals surface area contributed by atoms with E-state index in [-0.39, 0.29) is 15.6 Å². The molecule has 0 radical (unpaired) electrons. The van der Waals surface area contributed by atoms with Crippen molar-refractivity contribution >= 4 is 33.0 Å². The van der Waals surface area contributed by atoms with Crippen LogP contribution in [0.2, 0.25) is 5.02 Å². The molecule has 1 rings (SSSR count). The summed E-state index contributed by atoms with van der Waals surface area (Å²) in [6.07, 6.45) is 0. The molecule has 0 atom stereocenters. The summed E-state index contributed by atoms with van der Waals surface area (Å²) < 4.78 is 24.2. The number of nitrogen functional groups attached to an aromatic ring is 1. The van der Waals surface area contributed by atoms with Crippen LogP contribution in [0.4, 0.5) is 5.69 Å². The maximum Gasteiger partial charge on any atom is 0.237 e. The first-order valence-corrected chi connectivity index (χ1v) is 7.33. The van der Waals surface area contributed by atoms with Crippen LogP contribution in [0, 0.1) is 0 Å². The number of carbonyl (C=O) groups is 1. The van der Waals surface area contributed by atoms with E-state index in [1.54, 1.807) is 13.0 Å². The summed E-state index contributed by atoms with van der Waals surface area (Å²) in [6, 6.07) is 4.42. The number of rotatable bonds is 4. The van der Waals surface area contributed by atoms with Gasteiger partial charge in [-0.3, -0.25) is 4.79 Å². The number of halogens is 1. The third-order valence-corrected chi connectivity index (χ3v) is 4.65. The smallest absolute Gasteiger partial charge is 0.237 e. The first-order chi connectivity index (χ1) is 8.29. The molecule has 0 saturated heterocycles. The summed E-state index contributed by atoms with van der Waals surface area (Å²) in [6.45, 7) is 2.20. The normalized spacial score (nSPS) is 11.3. The summed E-state index contributed by atoms with van der Waals surface area (Å²) in [5, 5.41) is 0.0296. The molecule has 1 aromatic rings. The largest absolute Gasteiger partial charge is 0.398 e. The zero-order valence-corrected chi connectivity index (χ0v) is 11.8. The Morgan fingerprint density at radius 1 is 1.44 bits per heavy atom. The van der Waals surface area contributed by atoms with E-state index in [9.17, 15) is 13.2 Å². The van der Waals surface area contributed by atoms with E-state index >= 15 is 0 Å². The molecule has 0 aromatic heterocycles. The fourth-order valence-corrected chi connectivity index (χ4v) is 3.39. The Balaban J connectivity index is 3.12. The third-order valence-electron chi connectivity index (χ3n) is 2.52. The van der Waals surface area contributed by atoms with Crippen LogP contribution >= 0.6 is 11.6 Å². The van der Waals surface area contributed by atoms with Crippen molar-refractivity contribution in [2.75, 3.05) is 25.1 Å². The topological polar surface area (TPSA) is 80.5 Å². The molecule has 18 heavy (non-hydrogen) atoms.